The number of carbonyl (C=O) groups is 2. The molecule has 30 heavy (non-hydrogen) atoms. The average Bonchev–Trinajstić information content (AvgIpc) is 2.70. The molecule has 2 aromatic carbocycles. The van der Waals surface area contributed by atoms with E-state index in [2.05, 4.69) is 0 Å². The number of rotatable bonds is 2. The van der Waals surface area contributed by atoms with Gasteiger partial charge in [-0.15, -0.1) is 0 Å². The number of halogens is 1. The first-order valence-corrected chi connectivity index (χ1v) is 10.1. The second-order valence-electron chi connectivity index (χ2n) is 8.03. The molecule has 2 aliphatic heterocycles. The van der Waals surface area contributed by atoms with Gasteiger partial charge in [0.05, 0.1) is 27.5 Å². The van der Waals surface area contributed by atoms with Gasteiger partial charge in [0.2, 0.25) is 0 Å². The van der Waals surface area contributed by atoms with Crippen molar-refractivity contribution in [1.29, 1.82) is 0 Å². The van der Waals surface area contributed by atoms with Crippen LogP contribution in [0, 0.1) is 24.0 Å². The highest BCUT2D eigenvalue weighted by Crippen LogP contribution is 2.40. The van der Waals surface area contributed by atoms with Crippen molar-refractivity contribution in [3.63, 3.8) is 0 Å². The van der Waals surface area contributed by atoms with Crippen molar-refractivity contribution in [2.24, 2.45) is 0 Å². The highest BCUT2D eigenvalue weighted by Gasteiger charge is 2.44. The number of benzene rings is 2. The van der Waals surface area contributed by atoms with E-state index < -0.39 is 10.5 Å². The molecular formula is C22H21ClN2O5. The lowest BCUT2D eigenvalue weighted by Gasteiger charge is -2.44. The number of ketones is 1. The number of amides is 1. The highest BCUT2D eigenvalue weighted by atomic mass is 35.5. The predicted molar refractivity (Wildman–Crippen MR) is 111 cm³/mol. The van der Waals surface area contributed by atoms with Crippen molar-refractivity contribution in [2.75, 3.05) is 13.1 Å². The summed E-state index contributed by atoms with van der Waals surface area (Å²) in [6.07, 6.45) is 1.29. The normalized spacial score (nSPS) is 17.4. The first kappa shape index (κ1) is 20.3. The van der Waals surface area contributed by atoms with Crippen LogP contribution in [-0.2, 0) is 0 Å². The molecule has 1 spiro atoms. The van der Waals surface area contributed by atoms with Crippen molar-refractivity contribution >= 4 is 29.0 Å². The summed E-state index contributed by atoms with van der Waals surface area (Å²) in [6, 6.07) is 7.62. The van der Waals surface area contributed by atoms with E-state index in [0.29, 0.717) is 37.2 Å². The van der Waals surface area contributed by atoms with E-state index in [-0.39, 0.29) is 34.4 Å². The molecular weight excluding hydrogens is 408 g/mol. The lowest BCUT2D eigenvalue weighted by Crippen LogP contribution is -2.52. The Morgan fingerprint density at radius 1 is 1.17 bits per heavy atom. The van der Waals surface area contributed by atoms with Crippen molar-refractivity contribution in [3.05, 3.63) is 67.7 Å². The van der Waals surface area contributed by atoms with Crippen LogP contribution in [0.2, 0.25) is 5.02 Å². The molecule has 0 aliphatic carbocycles. The molecule has 1 fully saturated rings. The molecule has 8 heteroatoms. The summed E-state index contributed by atoms with van der Waals surface area (Å²) < 4.78 is 6.30. The zero-order valence-corrected chi connectivity index (χ0v) is 17.5. The van der Waals surface area contributed by atoms with Crippen LogP contribution in [0.5, 0.6) is 5.75 Å². The minimum Gasteiger partial charge on any atom is -0.486 e. The molecule has 2 aliphatic rings. The number of ether oxygens (including phenoxy) is 1. The molecule has 0 radical (unpaired) electrons. The maximum atomic E-state index is 12.9. The summed E-state index contributed by atoms with van der Waals surface area (Å²) >= 11 is 6.12. The zero-order valence-electron chi connectivity index (χ0n) is 16.7. The van der Waals surface area contributed by atoms with Gasteiger partial charge in [-0.3, -0.25) is 19.7 Å². The zero-order chi connectivity index (χ0) is 21.6. The van der Waals surface area contributed by atoms with Gasteiger partial charge >= 0.3 is 0 Å². The summed E-state index contributed by atoms with van der Waals surface area (Å²) in [5.41, 5.74) is 2.03. The molecule has 0 N–H and O–H groups in total. The number of aryl methyl sites for hydroxylation is 2. The third-order valence-electron chi connectivity index (χ3n) is 6.06. The Balaban J connectivity index is 1.52. The van der Waals surface area contributed by atoms with E-state index in [1.807, 2.05) is 26.0 Å². The van der Waals surface area contributed by atoms with Crippen molar-refractivity contribution in [3.8, 4) is 5.75 Å². The Labute approximate surface area is 178 Å². The molecule has 7 nitrogen and oxygen atoms in total. The summed E-state index contributed by atoms with van der Waals surface area (Å²) in [5.74, 6) is 0.310. The van der Waals surface area contributed by atoms with Crippen LogP contribution in [0.15, 0.2) is 30.3 Å². The summed E-state index contributed by atoms with van der Waals surface area (Å²) in [5, 5.41) is 11.2. The fourth-order valence-electron chi connectivity index (χ4n) is 4.11. The third kappa shape index (κ3) is 3.54. The van der Waals surface area contributed by atoms with Gasteiger partial charge in [-0.2, -0.15) is 0 Å². The second-order valence-corrected chi connectivity index (χ2v) is 8.44. The van der Waals surface area contributed by atoms with Gasteiger partial charge in [0.25, 0.3) is 11.6 Å². The van der Waals surface area contributed by atoms with E-state index in [0.717, 1.165) is 11.1 Å². The molecule has 4 rings (SSSR count). The molecule has 2 heterocycles. The maximum absolute atomic E-state index is 12.9. The second kappa shape index (κ2) is 7.40. The summed E-state index contributed by atoms with van der Waals surface area (Å²) in [6.45, 7) is 4.71. The Morgan fingerprint density at radius 2 is 1.83 bits per heavy atom. The smallest absolute Gasteiger partial charge is 0.270 e. The van der Waals surface area contributed by atoms with Crippen LogP contribution in [0.3, 0.4) is 0 Å². The standard InChI is InChI=1S/C22H21ClN2O5/c1-13-9-17-19(26)12-22(30-20(17)10-14(13)2)5-7-24(8-6-22)21(27)16-11-15(25(28)29)3-4-18(16)23/h3-4,9-11H,5-8,12H2,1-2H3. The van der Waals surface area contributed by atoms with Crippen LogP contribution < -0.4 is 4.74 Å². The van der Waals surface area contributed by atoms with Gasteiger partial charge < -0.3 is 9.64 Å². The van der Waals surface area contributed by atoms with Crippen molar-refractivity contribution in [1.82, 2.24) is 4.90 Å². The number of likely N-dealkylation sites (tertiary alicyclic amines) is 1. The van der Waals surface area contributed by atoms with E-state index >= 15 is 0 Å². The summed E-state index contributed by atoms with van der Waals surface area (Å²) in [7, 11) is 0. The first-order valence-electron chi connectivity index (χ1n) is 9.76. The topological polar surface area (TPSA) is 89.8 Å². The van der Waals surface area contributed by atoms with E-state index in [1.54, 1.807) is 4.90 Å². The number of hydrogen-bond acceptors (Lipinski definition) is 5. The number of nitro benzene ring substituents is 1. The van der Waals surface area contributed by atoms with E-state index in [1.165, 1.54) is 18.2 Å². The molecule has 0 unspecified atom stereocenters. The first-order chi connectivity index (χ1) is 14.2. The van der Waals surface area contributed by atoms with Gasteiger partial charge in [0.15, 0.2) is 5.78 Å². The highest BCUT2D eigenvalue weighted by molar-refractivity contribution is 6.33. The average molecular weight is 429 g/mol. The van der Waals surface area contributed by atoms with Gasteiger partial charge in [0, 0.05) is 38.1 Å². The minimum atomic E-state index is -0.630. The number of non-ortho nitro benzene ring substituents is 1. The monoisotopic (exact) mass is 428 g/mol. The van der Waals surface area contributed by atoms with Crippen molar-refractivity contribution in [2.45, 2.75) is 38.7 Å². The largest absolute Gasteiger partial charge is 0.486 e. The van der Waals surface area contributed by atoms with Crippen LogP contribution in [0.4, 0.5) is 5.69 Å². The number of piperidine rings is 1. The Kier molecular flexibility index (Phi) is 5.02. The molecule has 0 bridgehead atoms. The van der Waals surface area contributed by atoms with E-state index in [4.69, 9.17) is 16.3 Å². The van der Waals surface area contributed by atoms with Crippen LogP contribution >= 0.6 is 11.6 Å². The third-order valence-corrected chi connectivity index (χ3v) is 6.39. The molecule has 1 amide bonds. The quantitative estimate of drug-likeness (QED) is 0.518. The maximum Gasteiger partial charge on any atom is 0.270 e. The Hall–Kier alpha value is -2.93. The van der Waals surface area contributed by atoms with Gasteiger partial charge in [-0.1, -0.05) is 11.6 Å². The number of hydrogen-bond donors (Lipinski definition) is 0. The number of nitrogens with zero attached hydrogens (tertiary/aromatic N) is 2. The lowest BCUT2D eigenvalue weighted by molar-refractivity contribution is -0.384. The number of Topliss-reactive ketones (excluding diaryl/α,β-unsaturated/α-hetero) is 1. The SMILES string of the molecule is Cc1cc2c(cc1C)C(=O)CC1(CCN(C(=O)c3cc([N+](=O)[O-])ccc3Cl)CC1)O2. The van der Waals surface area contributed by atoms with Crippen LogP contribution in [0.1, 0.15) is 51.1 Å². The minimum absolute atomic E-state index is 0.0563. The van der Waals surface area contributed by atoms with Gasteiger partial charge in [0.1, 0.15) is 11.4 Å². The molecule has 1 saturated heterocycles. The number of nitro groups is 1. The van der Waals surface area contributed by atoms with Gasteiger partial charge in [-0.25, -0.2) is 0 Å². The van der Waals surface area contributed by atoms with E-state index in [9.17, 15) is 19.7 Å². The summed E-state index contributed by atoms with van der Waals surface area (Å²) in [4.78, 5) is 37.8. The molecule has 0 atom stereocenters. The molecule has 2 aromatic rings. The fraction of sp³-hybridized carbons (Fsp3) is 0.364. The number of fused-ring (bicyclic) bond motifs is 1. The van der Waals surface area contributed by atoms with Crippen LogP contribution in [-0.4, -0.2) is 40.2 Å². The van der Waals surface area contributed by atoms with Crippen molar-refractivity contribution < 1.29 is 19.2 Å². The van der Waals surface area contributed by atoms with Gasteiger partial charge in [-0.05, 0) is 43.2 Å². The number of carbonyl (C=O) groups excluding carboxylic acids is 2. The molecule has 156 valence electrons. The predicted octanol–water partition coefficient (Wildman–Crippen LogP) is 4.51. The Bertz CT molecular complexity index is 1070. The lowest BCUT2D eigenvalue weighted by atomic mass is 9.81. The van der Waals surface area contributed by atoms with Crippen LogP contribution in [0.25, 0.3) is 0 Å². The Morgan fingerprint density at radius 3 is 2.50 bits per heavy atom. The fourth-order valence-corrected chi connectivity index (χ4v) is 4.30. The molecule has 0 saturated carbocycles. The molecule has 0 aromatic heterocycles.